The average Bonchev–Trinajstić information content (AvgIpc) is 2.53. The molecule has 1 unspecified atom stereocenters. The van der Waals surface area contributed by atoms with E-state index in [2.05, 4.69) is 10.8 Å². The van der Waals surface area contributed by atoms with Crippen LogP contribution in [0.15, 0.2) is 24.3 Å². The van der Waals surface area contributed by atoms with Crippen LogP contribution in [0.3, 0.4) is 0 Å². The van der Waals surface area contributed by atoms with Crippen molar-refractivity contribution in [1.82, 2.24) is 14.7 Å². The fraction of sp³-hybridized carbons (Fsp3) is 0.412. The smallest absolute Gasteiger partial charge is 0.246 e. The van der Waals surface area contributed by atoms with E-state index in [0.29, 0.717) is 13.1 Å². The summed E-state index contributed by atoms with van der Waals surface area (Å²) >= 11 is 0. The number of carbonyl (C=O) groups excluding carboxylic acids is 2. The van der Waals surface area contributed by atoms with E-state index in [1.165, 1.54) is 4.90 Å². The molecule has 0 spiro atoms. The van der Waals surface area contributed by atoms with E-state index in [1.807, 2.05) is 24.3 Å². The summed E-state index contributed by atoms with van der Waals surface area (Å²) in [4.78, 5) is 29.7. The molecule has 0 aliphatic carbocycles. The first-order chi connectivity index (χ1) is 10.6. The molecule has 3 rings (SSSR count). The van der Waals surface area contributed by atoms with Gasteiger partial charge in [-0.2, -0.15) is 0 Å². The van der Waals surface area contributed by atoms with Gasteiger partial charge in [0.1, 0.15) is 6.04 Å². The number of amides is 2. The second-order valence-electron chi connectivity index (χ2n) is 5.87. The third-order valence-corrected chi connectivity index (χ3v) is 4.35. The molecule has 1 atom stereocenters. The summed E-state index contributed by atoms with van der Waals surface area (Å²) in [5, 5.41) is 0. The number of fused-ring (bicyclic) bond motifs is 1. The number of hydrogen-bond donors (Lipinski definition) is 0. The molecule has 1 aromatic carbocycles. The van der Waals surface area contributed by atoms with Gasteiger partial charge in [0.25, 0.3) is 0 Å². The summed E-state index contributed by atoms with van der Waals surface area (Å²) in [5.41, 5.74) is 2.03. The lowest BCUT2D eigenvalue weighted by molar-refractivity contribution is -0.158. The van der Waals surface area contributed by atoms with Gasteiger partial charge >= 0.3 is 0 Å². The highest BCUT2D eigenvalue weighted by Gasteiger charge is 2.40. The van der Waals surface area contributed by atoms with E-state index >= 15 is 0 Å². The van der Waals surface area contributed by atoms with Gasteiger partial charge in [-0.15, -0.1) is 6.42 Å². The summed E-state index contributed by atoms with van der Waals surface area (Å²) in [6.45, 7) is 2.96. The molecule has 0 N–H and O–H groups in total. The third-order valence-electron chi connectivity index (χ3n) is 4.35. The molecule has 0 saturated carbocycles. The molecule has 1 aromatic rings. The molecule has 114 valence electrons. The van der Waals surface area contributed by atoms with Crippen molar-refractivity contribution in [2.75, 3.05) is 33.2 Å². The zero-order valence-corrected chi connectivity index (χ0v) is 12.7. The average molecular weight is 297 g/mol. The predicted molar refractivity (Wildman–Crippen MR) is 82.8 cm³/mol. The van der Waals surface area contributed by atoms with Crippen molar-refractivity contribution < 1.29 is 9.59 Å². The number of likely N-dealkylation sites (N-methyl/N-ethyl adjacent to an activating group) is 1. The zero-order valence-electron chi connectivity index (χ0n) is 12.7. The van der Waals surface area contributed by atoms with Crippen LogP contribution in [0, 0.1) is 12.3 Å². The summed E-state index contributed by atoms with van der Waals surface area (Å²) < 4.78 is 0. The Hall–Kier alpha value is -2.32. The number of terminal acetylenes is 1. The van der Waals surface area contributed by atoms with Crippen LogP contribution >= 0.6 is 0 Å². The summed E-state index contributed by atoms with van der Waals surface area (Å²) in [6.07, 6.45) is 5.36. The topological polar surface area (TPSA) is 43.9 Å². The molecule has 2 heterocycles. The summed E-state index contributed by atoms with van der Waals surface area (Å²) in [7, 11) is 1.69. The Balaban J connectivity index is 1.68. The Morgan fingerprint density at radius 2 is 1.95 bits per heavy atom. The number of piperazine rings is 2. The summed E-state index contributed by atoms with van der Waals surface area (Å²) in [5.74, 6) is 2.68. The van der Waals surface area contributed by atoms with Crippen molar-refractivity contribution in [3.63, 3.8) is 0 Å². The van der Waals surface area contributed by atoms with Crippen LogP contribution in [0.4, 0.5) is 0 Å². The maximum atomic E-state index is 12.3. The molecule has 2 aliphatic heterocycles. The second kappa shape index (κ2) is 5.82. The summed E-state index contributed by atoms with van der Waals surface area (Å²) in [6, 6.07) is 7.54. The van der Waals surface area contributed by atoms with Crippen molar-refractivity contribution in [2.24, 2.45) is 0 Å². The maximum Gasteiger partial charge on any atom is 0.246 e. The molecule has 2 fully saturated rings. The van der Waals surface area contributed by atoms with E-state index in [4.69, 9.17) is 6.42 Å². The van der Waals surface area contributed by atoms with Crippen LogP contribution in [-0.4, -0.2) is 65.8 Å². The third kappa shape index (κ3) is 2.70. The minimum atomic E-state index is -0.343. The molecular weight excluding hydrogens is 278 g/mol. The molecular formula is C17H19N3O2. The van der Waals surface area contributed by atoms with Gasteiger partial charge in [0.2, 0.25) is 11.8 Å². The van der Waals surface area contributed by atoms with Gasteiger partial charge in [0.15, 0.2) is 0 Å². The molecule has 22 heavy (non-hydrogen) atoms. The van der Waals surface area contributed by atoms with E-state index in [1.54, 1.807) is 11.9 Å². The molecule has 0 radical (unpaired) electrons. The lowest BCUT2D eigenvalue weighted by Gasteiger charge is -2.45. The zero-order chi connectivity index (χ0) is 15.7. The van der Waals surface area contributed by atoms with Crippen molar-refractivity contribution in [1.29, 1.82) is 0 Å². The Bertz CT molecular complexity index is 632. The van der Waals surface area contributed by atoms with E-state index < -0.39 is 0 Å². The molecule has 5 heteroatoms. The van der Waals surface area contributed by atoms with Crippen molar-refractivity contribution in [2.45, 2.75) is 12.6 Å². The fourth-order valence-corrected chi connectivity index (χ4v) is 3.08. The van der Waals surface area contributed by atoms with Crippen molar-refractivity contribution in [3.8, 4) is 12.3 Å². The molecule has 2 aliphatic rings. The van der Waals surface area contributed by atoms with Gasteiger partial charge in [0, 0.05) is 38.8 Å². The van der Waals surface area contributed by atoms with Crippen molar-refractivity contribution >= 4 is 11.8 Å². The van der Waals surface area contributed by atoms with Gasteiger partial charge < -0.3 is 9.80 Å². The van der Waals surface area contributed by atoms with Crippen LogP contribution in [0.25, 0.3) is 0 Å². The number of rotatable bonds is 2. The second-order valence-corrected chi connectivity index (χ2v) is 5.87. The van der Waals surface area contributed by atoms with Crippen LogP contribution < -0.4 is 0 Å². The first-order valence-corrected chi connectivity index (χ1v) is 7.41. The Morgan fingerprint density at radius 3 is 2.64 bits per heavy atom. The number of carbonyl (C=O) groups is 2. The van der Waals surface area contributed by atoms with Gasteiger partial charge in [-0.3, -0.25) is 14.5 Å². The normalized spacial score (nSPS) is 22.5. The van der Waals surface area contributed by atoms with E-state index in [-0.39, 0.29) is 24.4 Å². The van der Waals surface area contributed by atoms with Gasteiger partial charge in [-0.05, 0) is 17.7 Å². The molecule has 5 nitrogen and oxygen atoms in total. The minimum Gasteiger partial charge on any atom is -0.335 e. The monoisotopic (exact) mass is 297 g/mol. The van der Waals surface area contributed by atoms with Gasteiger partial charge in [-0.1, -0.05) is 18.1 Å². The SMILES string of the molecule is C#Cc1ccc(CN2CCN3C(=O)CN(C)C(=O)C3C2)cc1. The standard InChI is InChI=1S/C17H19N3O2/c1-3-13-4-6-14(7-5-13)10-19-8-9-20-15(11-19)17(22)18(2)12-16(20)21/h1,4-7,15H,8-12H2,2H3. The highest BCUT2D eigenvalue weighted by atomic mass is 16.2. The van der Waals surface area contributed by atoms with E-state index in [0.717, 1.165) is 24.2 Å². The van der Waals surface area contributed by atoms with E-state index in [9.17, 15) is 9.59 Å². The Labute approximate surface area is 130 Å². The molecule has 2 amide bonds. The first-order valence-electron chi connectivity index (χ1n) is 7.41. The minimum absolute atomic E-state index is 0.0342. The number of nitrogens with zero attached hydrogens (tertiary/aromatic N) is 3. The Morgan fingerprint density at radius 1 is 1.23 bits per heavy atom. The molecule has 2 saturated heterocycles. The lowest BCUT2D eigenvalue weighted by atomic mass is 10.1. The molecule has 0 bridgehead atoms. The van der Waals surface area contributed by atoms with Crippen LogP contribution in [0.2, 0.25) is 0 Å². The van der Waals surface area contributed by atoms with Crippen LogP contribution in [0.5, 0.6) is 0 Å². The highest BCUT2D eigenvalue weighted by molar-refractivity contribution is 5.95. The Kier molecular flexibility index (Phi) is 3.86. The van der Waals surface area contributed by atoms with Crippen LogP contribution in [0.1, 0.15) is 11.1 Å². The quantitative estimate of drug-likeness (QED) is 0.730. The maximum absolute atomic E-state index is 12.3. The highest BCUT2D eigenvalue weighted by Crippen LogP contribution is 2.19. The molecule has 0 aromatic heterocycles. The van der Waals surface area contributed by atoms with Crippen LogP contribution in [-0.2, 0) is 16.1 Å². The lowest BCUT2D eigenvalue weighted by Crippen LogP contribution is -2.65. The fourth-order valence-electron chi connectivity index (χ4n) is 3.08. The first kappa shape index (κ1) is 14.6. The van der Waals surface area contributed by atoms with Crippen molar-refractivity contribution in [3.05, 3.63) is 35.4 Å². The number of benzene rings is 1. The number of hydrogen-bond acceptors (Lipinski definition) is 3. The largest absolute Gasteiger partial charge is 0.335 e. The van der Waals surface area contributed by atoms with Gasteiger partial charge in [-0.25, -0.2) is 0 Å². The van der Waals surface area contributed by atoms with Gasteiger partial charge in [0.05, 0.1) is 6.54 Å². The predicted octanol–water partition coefficient (Wildman–Crippen LogP) is 0.153.